The van der Waals surface area contributed by atoms with E-state index in [2.05, 4.69) is 15.0 Å². The predicted molar refractivity (Wildman–Crippen MR) is 145 cm³/mol. The van der Waals surface area contributed by atoms with E-state index in [1.54, 1.807) is 13.0 Å². The van der Waals surface area contributed by atoms with Crippen molar-refractivity contribution >= 4 is 40.7 Å². The van der Waals surface area contributed by atoms with Crippen molar-refractivity contribution < 1.29 is 14.7 Å². The molecule has 11 heteroatoms. The van der Waals surface area contributed by atoms with Crippen LogP contribution in [0.5, 0.6) is 5.75 Å². The van der Waals surface area contributed by atoms with E-state index in [1.807, 2.05) is 26.0 Å². The zero-order chi connectivity index (χ0) is 27.3. The minimum Gasteiger partial charge on any atom is -0.508 e. The number of likely N-dealkylation sites (tertiary alicyclic amines) is 1. The van der Waals surface area contributed by atoms with Crippen LogP contribution in [0.1, 0.15) is 66.7 Å². The third-order valence-corrected chi connectivity index (χ3v) is 6.53. The minimum atomic E-state index is -0.640. The Kier molecular flexibility index (Phi) is 9.53. The van der Waals surface area contributed by atoms with Crippen LogP contribution < -0.4 is 11.5 Å². The summed E-state index contributed by atoms with van der Waals surface area (Å²) < 4.78 is 1.32. The molecule has 1 amide bonds. The Balaban J connectivity index is 0.000000208. The SMILES string of the molecule is CC(=O)Cc1ccc(CN2CCCC2)c(O)c1.CC(C)c1nn(-c2c(Cl)cncc2Cl)c(N)c1C(N)=O. The molecule has 1 saturated heterocycles. The van der Waals surface area contributed by atoms with Gasteiger partial charge in [-0.3, -0.25) is 19.5 Å². The summed E-state index contributed by atoms with van der Waals surface area (Å²) in [5, 5.41) is 14.8. The van der Waals surface area contributed by atoms with Crippen molar-refractivity contribution in [2.45, 2.75) is 52.5 Å². The maximum absolute atomic E-state index is 11.6. The van der Waals surface area contributed by atoms with E-state index in [-0.39, 0.29) is 33.1 Å². The number of aromatic hydroxyl groups is 1. The van der Waals surface area contributed by atoms with Crippen LogP contribution in [-0.4, -0.2) is 49.6 Å². The fraction of sp³-hybridized carbons (Fsp3) is 0.385. The first-order valence-electron chi connectivity index (χ1n) is 12.0. The molecule has 198 valence electrons. The average Bonchev–Trinajstić information content (AvgIpc) is 3.44. The quantitative estimate of drug-likeness (QED) is 0.396. The highest BCUT2D eigenvalue weighted by Gasteiger charge is 2.24. The highest BCUT2D eigenvalue weighted by molar-refractivity contribution is 6.37. The highest BCUT2D eigenvalue weighted by Crippen LogP contribution is 2.32. The number of anilines is 1. The fourth-order valence-electron chi connectivity index (χ4n) is 4.20. The summed E-state index contributed by atoms with van der Waals surface area (Å²) in [6, 6.07) is 5.59. The lowest BCUT2D eigenvalue weighted by Gasteiger charge is -2.15. The Morgan fingerprint density at radius 1 is 1.14 bits per heavy atom. The summed E-state index contributed by atoms with van der Waals surface area (Å²) in [7, 11) is 0. The summed E-state index contributed by atoms with van der Waals surface area (Å²) >= 11 is 12.2. The maximum Gasteiger partial charge on any atom is 0.254 e. The highest BCUT2D eigenvalue weighted by atomic mass is 35.5. The van der Waals surface area contributed by atoms with E-state index >= 15 is 0 Å². The van der Waals surface area contributed by atoms with Gasteiger partial charge in [0.25, 0.3) is 5.91 Å². The Bertz CT molecular complexity index is 1270. The predicted octanol–water partition coefficient (Wildman–Crippen LogP) is 4.50. The zero-order valence-corrected chi connectivity index (χ0v) is 22.7. The lowest BCUT2D eigenvalue weighted by Crippen LogP contribution is -2.18. The number of carbonyl (C=O) groups is 2. The van der Waals surface area contributed by atoms with Gasteiger partial charge in [-0.05, 0) is 50.4 Å². The summed E-state index contributed by atoms with van der Waals surface area (Å²) in [5.74, 6) is -0.122. The number of ketones is 1. The van der Waals surface area contributed by atoms with E-state index in [9.17, 15) is 14.7 Å². The maximum atomic E-state index is 11.6. The smallest absolute Gasteiger partial charge is 0.254 e. The number of amides is 1. The molecule has 1 fully saturated rings. The molecule has 3 heterocycles. The second-order valence-corrected chi connectivity index (χ2v) is 10.2. The minimum absolute atomic E-state index is 0.0274. The number of Topliss-reactive ketones (excluding diaryl/α,β-unsaturated/α-hetero) is 1. The number of halogens is 2. The van der Waals surface area contributed by atoms with Gasteiger partial charge >= 0.3 is 0 Å². The normalized spacial score (nSPS) is 13.5. The fourth-order valence-corrected chi connectivity index (χ4v) is 4.73. The van der Waals surface area contributed by atoms with Crippen molar-refractivity contribution in [3.63, 3.8) is 0 Å². The summed E-state index contributed by atoms with van der Waals surface area (Å²) in [4.78, 5) is 28.8. The Morgan fingerprint density at radius 2 is 1.76 bits per heavy atom. The molecule has 9 nitrogen and oxygen atoms in total. The number of phenolic OH excluding ortho intramolecular Hbond substituents is 1. The number of aromatic nitrogens is 3. The van der Waals surface area contributed by atoms with E-state index in [0.717, 1.165) is 30.8 Å². The van der Waals surface area contributed by atoms with Gasteiger partial charge < -0.3 is 16.6 Å². The molecule has 0 aliphatic carbocycles. The lowest BCUT2D eigenvalue weighted by atomic mass is 10.1. The van der Waals surface area contributed by atoms with Crippen molar-refractivity contribution in [1.29, 1.82) is 0 Å². The molecule has 4 rings (SSSR count). The number of pyridine rings is 1. The first-order chi connectivity index (χ1) is 17.5. The van der Waals surface area contributed by atoms with E-state index < -0.39 is 5.91 Å². The van der Waals surface area contributed by atoms with Crippen LogP contribution in [0.3, 0.4) is 0 Å². The van der Waals surface area contributed by atoms with Crippen molar-refractivity contribution in [3.8, 4) is 11.4 Å². The Morgan fingerprint density at radius 3 is 2.24 bits per heavy atom. The van der Waals surface area contributed by atoms with Crippen LogP contribution in [0.4, 0.5) is 5.82 Å². The lowest BCUT2D eigenvalue weighted by molar-refractivity contribution is -0.116. The molecule has 0 bridgehead atoms. The van der Waals surface area contributed by atoms with Crippen molar-refractivity contribution in [2.75, 3.05) is 18.8 Å². The zero-order valence-electron chi connectivity index (χ0n) is 21.2. The second-order valence-electron chi connectivity index (χ2n) is 9.35. The number of benzene rings is 1. The van der Waals surface area contributed by atoms with Gasteiger partial charge in [-0.2, -0.15) is 5.10 Å². The monoisotopic (exact) mass is 546 g/mol. The number of hydrogen-bond acceptors (Lipinski definition) is 7. The van der Waals surface area contributed by atoms with E-state index in [0.29, 0.717) is 23.6 Å². The average molecular weight is 547 g/mol. The third-order valence-electron chi connectivity index (χ3n) is 5.98. The van der Waals surface area contributed by atoms with Gasteiger partial charge in [0.15, 0.2) is 0 Å². The van der Waals surface area contributed by atoms with Crippen molar-refractivity contribution in [3.05, 3.63) is 63.0 Å². The first kappa shape index (κ1) is 28.4. The molecule has 1 aliphatic heterocycles. The van der Waals surface area contributed by atoms with Gasteiger partial charge in [0.1, 0.15) is 28.6 Å². The molecular formula is C26H32Cl2N6O3. The molecule has 0 atom stereocenters. The number of rotatable bonds is 7. The number of nitrogens with two attached hydrogens (primary N) is 2. The Hall–Kier alpha value is -3.14. The number of nitrogens with zero attached hydrogens (tertiary/aromatic N) is 4. The number of carbonyl (C=O) groups excluding carboxylic acids is 2. The van der Waals surface area contributed by atoms with Gasteiger partial charge in [0, 0.05) is 30.9 Å². The topological polar surface area (TPSA) is 140 Å². The van der Waals surface area contributed by atoms with Gasteiger partial charge in [0.05, 0.1) is 15.7 Å². The first-order valence-corrected chi connectivity index (χ1v) is 12.7. The summed E-state index contributed by atoms with van der Waals surface area (Å²) in [6.07, 6.45) is 5.75. The number of hydrogen-bond donors (Lipinski definition) is 3. The van der Waals surface area contributed by atoms with Crippen molar-refractivity contribution in [2.24, 2.45) is 5.73 Å². The van der Waals surface area contributed by atoms with Crippen LogP contribution in [0, 0.1) is 0 Å². The van der Waals surface area contributed by atoms with Crippen LogP contribution in [0.2, 0.25) is 10.0 Å². The van der Waals surface area contributed by atoms with Gasteiger partial charge in [-0.25, -0.2) is 4.68 Å². The largest absolute Gasteiger partial charge is 0.508 e. The van der Waals surface area contributed by atoms with Crippen LogP contribution >= 0.6 is 23.2 Å². The van der Waals surface area contributed by atoms with Gasteiger partial charge in [-0.1, -0.05) is 49.2 Å². The molecule has 5 N–H and O–H groups in total. The number of nitrogen functional groups attached to an aromatic ring is 1. The molecule has 0 radical (unpaired) electrons. The van der Waals surface area contributed by atoms with Gasteiger partial charge in [-0.15, -0.1) is 0 Å². The molecule has 2 aromatic heterocycles. The van der Waals surface area contributed by atoms with E-state index in [1.165, 1.54) is 29.9 Å². The summed E-state index contributed by atoms with van der Waals surface area (Å²) in [5.41, 5.74) is 14.2. The second kappa shape index (κ2) is 12.4. The molecule has 0 saturated carbocycles. The molecular weight excluding hydrogens is 515 g/mol. The third kappa shape index (κ3) is 7.00. The standard InChI is InChI=1S/C14H19NO2.C12H13Cl2N5O/c1-11(16)8-12-4-5-13(14(17)9-12)10-15-6-2-3-7-15;1-5(2)9-8(12(16)20)11(15)19(18-9)10-6(13)3-17-4-7(10)14/h4-5,9,17H,2-3,6-8,10H2,1H3;3-5H,15H2,1-2H3,(H2,16,20). The molecule has 1 aliphatic rings. The van der Waals surface area contributed by atoms with E-state index in [4.69, 9.17) is 34.7 Å². The van der Waals surface area contributed by atoms with Crippen LogP contribution in [0.15, 0.2) is 30.6 Å². The molecule has 0 unspecified atom stereocenters. The summed E-state index contributed by atoms with van der Waals surface area (Å²) in [6.45, 7) is 8.38. The molecule has 0 spiro atoms. The van der Waals surface area contributed by atoms with Crippen molar-refractivity contribution in [1.82, 2.24) is 19.7 Å². The van der Waals surface area contributed by atoms with Crippen LogP contribution in [0.25, 0.3) is 5.69 Å². The van der Waals surface area contributed by atoms with Crippen LogP contribution in [-0.2, 0) is 17.8 Å². The molecule has 1 aromatic carbocycles. The Labute approximate surface area is 226 Å². The number of phenols is 1. The molecule has 37 heavy (non-hydrogen) atoms. The van der Waals surface area contributed by atoms with Gasteiger partial charge in [0.2, 0.25) is 0 Å². The number of primary amides is 1. The molecule has 3 aromatic rings.